The van der Waals surface area contributed by atoms with Gasteiger partial charge in [-0.25, -0.2) is 9.97 Å². The van der Waals surface area contributed by atoms with Gasteiger partial charge in [0.25, 0.3) is 0 Å². The van der Waals surface area contributed by atoms with E-state index in [4.69, 9.17) is 5.73 Å². The molecular formula is C9H16N4. The molecule has 0 unspecified atom stereocenters. The van der Waals surface area contributed by atoms with E-state index in [9.17, 15) is 0 Å². The number of hydrogen-bond donors (Lipinski definition) is 2. The van der Waals surface area contributed by atoms with E-state index in [0.717, 1.165) is 0 Å². The molecule has 0 aliphatic carbocycles. The van der Waals surface area contributed by atoms with Crippen molar-refractivity contribution in [1.29, 1.82) is 0 Å². The van der Waals surface area contributed by atoms with Crippen molar-refractivity contribution in [3.8, 4) is 0 Å². The summed E-state index contributed by atoms with van der Waals surface area (Å²) in [6.07, 6.45) is 7.41. The molecule has 13 heavy (non-hydrogen) atoms. The molecule has 4 heteroatoms. The molecule has 3 N–H and O–H groups in total. The lowest BCUT2D eigenvalue weighted by atomic mass is 10.2. The predicted molar refractivity (Wildman–Crippen MR) is 53.2 cm³/mol. The summed E-state index contributed by atoms with van der Waals surface area (Å²) < 4.78 is 0. The Morgan fingerprint density at radius 1 is 1.08 bits per heavy atom. The van der Waals surface area contributed by atoms with Crippen molar-refractivity contribution < 1.29 is 0 Å². The van der Waals surface area contributed by atoms with Gasteiger partial charge in [-0.1, -0.05) is 6.42 Å². The van der Waals surface area contributed by atoms with Gasteiger partial charge in [0.1, 0.15) is 0 Å². The molecule has 0 amide bonds. The van der Waals surface area contributed by atoms with Crippen LogP contribution in [0.1, 0.15) is 19.3 Å². The van der Waals surface area contributed by atoms with Crippen molar-refractivity contribution in [1.82, 2.24) is 15.3 Å². The zero-order valence-electron chi connectivity index (χ0n) is 7.74. The lowest BCUT2D eigenvalue weighted by Gasteiger charge is -2.08. The molecule has 0 bridgehead atoms. The highest BCUT2D eigenvalue weighted by Gasteiger charge is 1.93. The van der Waals surface area contributed by atoms with E-state index in [-0.39, 0.29) is 0 Å². The molecule has 2 rings (SSSR count). The third kappa shape index (κ3) is 5.14. The van der Waals surface area contributed by atoms with E-state index >= 15 is 0 Å². The Hall–Kier alpha value is -1.16. The third-order valence-electron chi connectivity index (χ3n) is 1.79. The lowest BCUT2D eigenvalue weighted by molar-refractivity contribution is 0.520. The molecule has 1 aliphatic rings. The molecule has 1 aromatic rings. The molecule has 2 heterocycles. The molecule has 1 saturated heterocycles. The molecule has 72 valence electrons. The van der Waals surface area contributed by atoms with Crippen molar-refractivity contribution >= 4 is 5.95 Å². The smallest absolute Gasteiger partial charge is 0.219 e. The van der Waals surface area contributed by atoms with E-state index in [1.807, 2.05) is 0 Å². The van der Waals surface area contributed by atoms with Crippen LogP contribution < -0.4 is 11.1 Å². The first kappa shape index (κ1) is 9.92. The number of nitrogen functional groups attached to an aromatic ring is 1. The van der Waals surface area contributed by atoms with Gasteiger partial charge in [-0.2, -0.15) is 0 Å². The Morgan fingerprint density at radius 2 is 1.69 bits per heavy atom. The van der Waals surface area contributed by atoms with Crippen molar-refractivity contribution in [2.24, 2.45) is 0 Å². The fourth-order valence-corrected chi connectivity index (χ4v) is 1.11. The Balaban J connectivity index is 0.000000132. The summed E-state index contributed by atoms with van der Waals surface area (Å²) >= 11 is 0. The van der Waals surface area contributed by atoms with Gasteiger partial charge >= 0.3 is 0 Å². The van der Waals surface area contributed by atoms with Crippen molar-refractivity contribution in [3.63, 3.8) is 0 Å². The number of nitrogens with two attached hydrogens (primary N) is 1. The fraction of sp³-hybridized carbons (Fsp3) is 0.556. The first-order chi connectivity index (χ1) is 6.39. The van der Waals surface area contributed by atoms with Gasteiger partial charge in [-0.05, 0) is 32.0 Å². The summed E-state index contributed by atoms with van der Waals surface area (Å²) in [7, 11) is 0. The monoisotopic (exact) mass is 180 g/mol. The van der Waals surface area contributed by atoms with Crippen LogP contribution in [0.25, 0.3) is 0 Å². The van der Waals surface area contributed by atoms with Gasteiger partial charge in [0.05, 0.1) is 0 Å². The molecule has 0 radical (unpaired) electrons. The van der Waals surface area contributed by atoms with E-state index in [1.54, 1.807) is 18.5 Å². The maximum absolute atomic E-state index is 5.14. The number of nitrogens with zero attached hydrogens (tertiary/aromatic N) is 2. The van der Waals surface area contributed by atoms with E-state index in [2.05, 4.69) is 15.3 Å². The highest BCUT2D eigenvalue weighted by atomic mass is 15.0. The first-order valence-electron chi connectivity index (χ1n) is 4.63. The summed E-state index contributed by atoms with van der Waals surface area (Å²) in [5.41, 5.74) is 5.14. The molecular weight excluding hydrogens is 164 g/mol. The SMILES string of the molecule is C1CCNCC1.Nc1ncccn1. The lowest BCUT2D eigenvalue weighted by Crippen LogP contribution is -2.21. The van der Waals surface area contributed by atoms with Crippen molar-refractivity contribution in [2.45, 2.75) is 19.3 Å². The van der Waals surface area contributed by atoms with Crippen molar-refractivity contribution in [3.05, 3.63) is 18.5 Å². The Kier molecular flexibility index (Phi) is 4.86. The zero-order chi connectivity index (χ0) is 9.36. The van der Waals surface area contributed by atoms with Gasteiger partial charge in [-0.3, -0.25) is 0 Å². The van der Waals surface area contributed by atoms with E-state index < -0.39 is 0 Å². The summed E-state index contributed by atoms with van der Waals surface area (Å²) in [6.45, 7) is 2.50. The second kappa shape index (κ2) is 6.37. The average Bonchev–Trinajstić information content (AvgIpc) is 2.22. The molecule has 4 nitrogen and oxygen atoms in total. The van der Waals surface area contributed by atoms with E-state index in [0.29, 0.717) is 5.95 Å². The van der Waals surface area contributed by atoms with Gasteiger partial charge in [-0.15, -0.1) is 0 Å². The number of aromatic nitrogens is 2. The molecule has 0 spiro atoms. The number of piperidine rings is 1. The van der Waals surface area contributed by atoms with Crippen LogP contribution in [0.5, 0.6) is 0 Å². The maximum atomic E-state index is 5.14. The van der Waals surface area contributed by atoms with Gasteiger partial charge < -0.3 is 11.1 Å². The van der Waals surface area contributed by atoms with Gasteiger partial charge in [0.2, 0.25) is 5.95 Å². The van der Waals surface area contributed by atoms with Crippen LogP contribution in [0.3, 0.4) is 0 Å². The average molecular weight is 180 g/mol. The fourth-order valence-electron chi connectivity index (χ4n) is 1.11. The Bertz CT molecular complexity index is 197. The van der Waals surface area contributed by atoms with Gasteiger partial charge in [0.15, 0.2) is 0 Å². The van der Waals surface area contributed by atoms with Crippen LogP contribution in [-0.4, -0.2) is 23.1 Å². The van der Waals surface area contributed by atoms with Crippen LogP contribution >= 0.6 is 0 Å². The van der Waals surface area contributed by atoms with E-state index in [1.165, 1.54) is 32.4 Å². The predicted octanol–water partition coefficient (Wildman–Crippen LogP) is 0.819. The quantitative estimate of drug-likeness (QED) is 0.620. The van der Waals surface area contributed by atoms with Crippen LogP contribution in [0.4, 0.5) is 5.95 Å². The molecule has 1 fully saturated rings. The summed E-state index contributed by atoms with van der Waals surface area (Å²) in [5, 5.41) is 3.28. The third-order valence-corrected chi connectivity index (χ3v) is 1.79. The second-order valence-corrected chi connectivity index (χ2v) is 2.92. The minimum absolute atomic E-state index is 0.322. The second-order valence-electron chi connectivity index (χ2n) is 2.92. The normalized spacial score (nSPS) is 15.7. The number of nitrogens with one attached hydrogen (secondary N) is 1. The largest absolute Gasteiger partial charge is 0.368 e. The number of anilines is 1. The van der Waals surface area contributed by atoms with Crippen LogP contribution in [0.15, 0.2) is 18.5 Å². The van der Waals surface area contributed by atoms with Crippen LogP contribution in [0.2, 0.25) is 0 Å². The summed E-state index contributed by atoms with van der Waals surface area (Å²) in [6, 6.07) is 1.72. The Labute approximate surface area is 78.6 Å². The minimum atomic E-state index is 0.322. The molecule has 0 saturated carbocycles. The maximum Gasteiger partial charge on any atom is 0.219 e. The number of hydrogen-bond acceptors (Lipinski definition) is 4. The molecule has 0 atom stereocenters. The standard InChI is InChI=1S/C5H11N.C4H5N3/c1-2-4-6-5-3-1;5-4-6-2-1-3-7-4/h6H,1-5H2;1-3H,(H2,5,6,7). The topological polar surface area (TPSA) is 63.8 Å². The molecule has 1 aliphatic heterocycles. The summed E-state index contributed by atoms with van der Waals surface area (Å²) in [5.74, 6) is 0.322. The van der Waals surface area contributed by atoms with Crippen LogP contribution in [-0.2, 0) is 0 Å². The molecule has 0 aromatic carbocycles. The zero-order valence-corrected chi connectivity index (χ0v) is 7.74. The summed E-state index contributed by atoms with van der Waals surface area (Å²) in [4.78, 5) is 7.29. The van der Waals surface area contributed by atoms with Crippen LogP contribution in [0, 0.1) is 0 Å². The molecule has 1 aromatic heterocycles. The highest BCUT2D eigenvalue weighted by molar-refractivity contribution is 5.11. The number of rotatable bonds is 0. The Morgan fingerprint density at radius 3 is 1.92 bits per heavy atom. The highest BCUT2D eigenvalue weighted by Crippen LogP contribution is 1.96. The first-order valence-corrected chi connectivity index (χ1v) is 4.63. The van der Waals surface area contributed by atoms with Gasteiger partial charge in [0, 0.05) is 12.4 Å². The van der Waals surface area contributed by atoms with Crippen molar-refractivity contribution in [2.75, 3.05) is 18.8 Å². The minimum Gasteiger partial charge on any atom is -0.368 e.